The fraction of sp³-hybridized carbons (Fsp3) is 0.438. The molecule has 21 heavy (non-hydrogen) atoms. The van der Waals surface area contributed by atoms with Gasteiger partial charge in [-0.05, 0) is 49.9 Å². The fourth-order valence-electron chi connectivity index (χ4n) is 1.78. The molecule has 0 saturated carbocycles. The number of allylic oxidation sites excluding steroid dienone is 1. The number of carbonyl (C=O) groups excluding carboxylic acids is 1. The summed E-state index contributed by atoms with van der Waals surface area (Å²) in [6, 6.07) is 5.66. The van der Waals surface area contributed by atoms with Crippen molar-refractivity contribution in [3.63, 3.8) is 0 Å². The average molecular weight is 312 g/mol. The topological polar surface area (TPSA) is 47.6 Å². The van der Waals surface area contributed by atoms with E-state index in [1.165, 1.54) is 0 Å². The third-order valence-electron chi connectivity index (χ3n) is 2.86. The van der Waals surface area contributed by atoms with Crippen LogP contribution >= 0.6 is 11.6 Å². The molecular weight excluding hydrogens is 290 g/mol. The van der Waals surface area contributed by atoms with Crippen molar-refractivity contribution in [2.45, 2.75) is 26.2 Å². The fourth-order valence-corrected chi connectivity index (χ4v) is 2.00. The summed E-state index contributed by atoms with van der Waals surface area (Å²) in [5.74, 6) is 0.817. The summed E-state index contributed by atoms with van der Waals surface area (Å²) < 4.78 is 9.94. The quantitative estimate of drug-likeness (QED) is 0.583. The van der Waals surface area contributed by atoms with E-state index in [0.29, 0.717) is 13.2 Å². The molecule has 4 nitrogen and oxygen atoms in total. The molecule has 0 heterocycles. The van der Waals surface area contributed by atoms with Gasteiger partial charge in [0.25, 0.3) is 0 Å². The van der Waals surface area contributed by atoms with Crippen LogP contribution < -0.4 is 10.1 Å². The van der Waals surface area contributed by atoms with Crippen LogP contribution in [0.4, 0.5) is 4.79 Å². The maximum Gasteiger partial charge on any atom is 0.407 e. The minimum Gasteiger partial charge on any atom is -0.497 e. The third-order valence-corrected chi connectivity index (χ3v) is 3.22. The van der Waals surface area contributed by atoms with E-state index >= 15 is 0 Å². The highest BCUT2D eigenvalue weighted by atomic mass is 35.5. The summed E-state index contributed by atoms with van der Waals surface area (Å²) in [5.41, 5.74) is 1.07. The molecule has 0 atom stereocenters. The van der Waals surface area contributed by atoms with E-state index in [9.17, 15) is 4.79 Å². The Morgan fingerprint density at radius 1 is 1.33 bits per heavy atom. The highest BCUT2D eigenvalue weighted by Gasteiger charge is 2.01. The summed E-state index contributed by atoms with van der Waals surface area (Å²) in [6.45, 7) is 2.75. The second kappa shape index (κ2) is 10.1. The number of hydrogen-bond acceptors (Lipinski definition) is 3. The van der Waals surface area contributed by atoms with Crippen molar-refractivity contribution in [2.24, 2.45) is 0 Å². The molecule has 1 rings (SSSR count). The zero-order valence-corrected chi connectivity index (χ0v) is 13.3. The predicted octanol–water partition coefficient (Wildman–Crippen LogP) is 3.97. The SMILES string of the molecule is CCOC(=O)NCC/C=C/CCc1cc(OC)ccc1Cl. The van der Waals surface area contributed by atoms with Crippen LogP contribution in [0.3, 0.4) is 0 Å². The Bertz CT molecular complexity index is 475. The number of rotatable bonds is 8. The second-order valence-corrected chi connectivity index (χ2v) is 4.81. The lowest BCUT2D eigenvalue weighted by Gasteiger charge is -2.05. The number of carbonyl (C=O) groups is 1. The van der Waals surface area contributed by atoms with Crippen molar-refractivity contribution in [1.82, 2.24) is 5.32 Å². The van der Waals surface area contributed by atoms with E-state index in [1.807, 2.05) is 24.3 Å². The van der Waals surface area contributed by atoms with Gasteiger partial charge < -0.3 is 14.8 Å². The van der Waals surface area contributed by atoms with Gasteiger partial charge in [0, 0.05) is 11.6 Å². The Hall–Kier alpha value is -1.68. The van der Waals surface area contributed by atoms with E-state index in [0.717, 1.165) is 35.6 Å². The summed E-state index contributed by atoms with van der Waals surface area (Å²) in [5, 5.41) is 3.42. The summed E-state index contributed by atoms with van der Waals surface area (Å²) in [6.07, 6.45) is 6.30. The van der Waals surface area contributed by atoms with Crippen LogP contribution in [0, 0.1) is 0 Å². The van der Waals surface area contributed by atoms with Crippen LogP contribution in [0.2, 0.25) is 5.02 Å². The maximum atomic E-state index is 11.0. The monoisotopic (exact) mass is 311 g/mol. The van der Waals surface area contributed by atoms with Crippen molar-refractivity contribution in [1.29, 1.82) is 0 Å². The molecule has 0 aliphatic carbocycles. The molecule has 0 aromatic heterocycles. The zero-order valence-electron chi connectivity index (χ0n) is 12.5. The van der Waals surface area contributed by atoms with Crippen molar-refractivity contribution in [2.75, 3.05) is 20.3 Å². The van der Waals surface area contributed by atoms with Gasteiger partial charge >= 0.3 is 6.09 Å². The molecule has 0 aliphatic rings. The predicted molar refractivity (Wildman–Crippen MR) is 85.1 cm³/mol. The van der Waals surface area contributed by atoms with Crippen LogP contribution in [0.15, 0.2) is 30.4 Å². The molecule has 1 aromatic carbocycles. The normalized spacial score (nSPS) is 10.6. The maximum absolute atomic E-state index is 11.0. The molecule has 1 aromatic rings. The molecule has 0 fully saturated rings. The molecule has 0 aliphatic heterocycles. The van der Waals surface area contributed by atoms with Gasteiger partial charge in [0.2, 0.25) is 0 Å². The molecule has 1 amide bonds. The van der Waals surface area contributed by atoms with E-state index in [2.05, 4.69) is 11.4 Å². The number of aryl methyl sites for hydroxylation is 1. The number of ether oxygens (including phenoxy) is 2. The lowest BCUT2D eigenvalue weighted by atomic mass is 10.1. The Balaban J connectivity index is 2.24. The first kappa shape index (κ1) is 17.4. The Morgan fingerprint density at radius 2 is 2.10 bits per heavy atom. The Morgan fingerprint density at radius 3 is 2.81 bits per heavy atom. The van der Waals surface area contributed by atoms with Crippen LogP contribution in [0.5, 0.6) is 5.75 Å². The number of hydrogen-bond donors (Lipinski definition) is 1. The van der Waals surface area contributed by atoms with Crippen molar-refractivity contribution in [3.05, 3.63) is 40.9 Å². The first-order chi connectivity index (χ1) is 10.2. The van der Waals surface area contributed by atoms with E-state index in [-0.39, 0.29) is 6.09 Å². The minimum absolute atomic E-state index is 0.367. The summed E-state index contributed by atoms with van der Waals surface area (Å²) in [4.78, 5) is 11.0. The van der Waals surface area contributed by atoms with E-state index < -0.39 is 0 Å². The molecule has 116 valence electrons. The smallest absolute Gasteiger partial charge is 0.407 e. The Kier molecular flexibility index (Phi) is 8.36. The summed E-state index contributed by atoms with van der Waals surface area (Å²) in [7, 11) is 1.64. The van der Waals surface area contributed by atoms with E-state index in [4.69, 9.17) is 21.1 Å². The minimum atomic E-state index is -0.367. The number of methoxy groups -OCH3 is 1. The van der Waals surface area contributed by atoms with Gasteiger partial charge in [-0.3, -0.25) is 0 Å². The van der Waals surface area contributed by atoms with Crippen molar-refractivity contribution in [3.8, 4) is 5.75 Å². The van der Waals surface area contributed by atoms with Crippen LogP contribution in [-0.2, 0) is 11.2 Å². The van der Waals surface area contributed by atoms with Crippen LogP contribution in [0.25, 0.3) is 0 Å². The molecule has 0 unspecified atom stereocenters. The summed E-state index contributed by atoms with van der Waals surface area (Å²) >= 11 is 6.14. The van der Waals surface area contributed by atoms with Gasteiger partial charge in [0.15, 0.2) is 0 Å². The lowest BCUT2D eigenvalue weighted by Crippen LogP contribution is -2.24. The molecule has 0 bridgehead atoms. The van der Waals surface area contributed by atoms with Crippen LogP contribution in [-0.4, -0.2) is 26.4 Å². The third kappa shape index (κ3) is 7.04. The van der Waals surface area contributed by atoms with E-state index in [1.54, 1.807) is 14.0 Å². The number of amides is 1. The number of halogens is 1. The van der Waals surface area contributed by atoms with Gasteiger partial charge in [0.1, 0.15) is 5.75 Å². The van der Waals surface area contributed by atoms with Gasteiger partial charge in [-0.2, -0.15) is 0 Å². The van der Waals surface area contributed by atoms with Gasteiger partial charge in [-0.1, -0.05) is 23.8 Å². The molecule has 0 spiro atoms. The zero-order chi connectivity index (χ0) is 15.5. The molecule has 1 N–H and O–H groups in total. The highest BCUT2D eigenvalue weighted by molar-refractivity contribution is 6.31. The lowest BCUT2D eigenvalue weighted by molar-refractivity contribution is 0.152. The highest BCUT2D eigenvalue weighted by Crippen LogP contribution is 2.23. The van der Waals surface area contributed by atoms with Gasteiger partial charge in [-0.15, -0.1) is 0 Å². The molecule has 0 radical (unpaired) electrons. The standard InChI is InChI=1S/C16H22ClNO3/c1-3-21-16(19)18-11-7-5-4-6-8-13-12-14(20-2)9-10-15(13)17/h4-5,9-10,12H,3,6-8,11H2,1-2H3,(H,18,19)/b5-4+. The molecular formula is C16H22ClNO3. The van der Waals surface area contributed by atoms with Crippen LogP contribution in [0.1, 0.15) is 25.3 Å². The number of alkyl carbamates (subject to hydrolysis) is 1. The van der Waals surface area contributed by atoms with Crippen molar-refractivity contribution >= 4 is 17.7 Å². The first-order valence-electron chi connectivity index (χ1n) is 7.05. The molecule has 5 heteroatoms. The van der Waals surface area contributed by atoms with Gasteiger partial charge in [0.05, 0.1) is 13.7 Å². The van der Waals surface area contributed by atoms with Gasteiger partial charge in [-0.25, -0.2) is 4.79 Å². The first-order valence-corrected chi connectivity index (χ1v) is 7.43. The number of benzene rings is 1. The Labute approximate surface area is 131 Å². The van der Waals surface area contributed by atoms with Crippen molar-refractivity contribution < 1.29 is 14.3 Å². The second-order valence-electron chi connectivity index (χ2n) is 4.40. The molecule has 0 saturated heterocycles. The number of nitrogens with one attached hydrogen (secondary N) is 1. The largest absolute Gasteiger partial charge is 0.497 e. The average Bonchev–Trinajstić information content (AvgIpc) is 2.48.